The molecular formula is C19H21ClO5S. The van der Waals surface area contributed by atoms with E-state index < -0.39 is 22.2 Å². The highest BCUT2D eigenvalue weighted by atomic mass is 35.5. The molecule has 0 aliphatic rings. The van der Waals surface area contributed by atoms with Gasteiger partial charge in [-0.3, -0.25) is 4.18 Å². The van der Waals surface area contributed by atoms with Gasteiger partial charge >= 0.3 is 5.97 Å². The zero-order valence-electron chi connectivity index (χ0n) is 14.4. The minimum absolute atomic E-state index is 0.00383. The Morgan fingerprint density at radius 3 is 2.50 bits per heavy atom. The van der Waals surface area contributed by atoms with Gasteiger partial charge in [0.2, 0.25) is 0 Å². The fraction of sp³-hybridized carbons (Fsp3) is 0.316. The summed E-state index contributed by atoms with van der Waals surface area (Å²) in [6.45, 7) is 1.81. The molecule has 0 N–H and O–H groups in total. The van der Waals surface area contributed by atoms with E-state index >= 15 is 0 Å². The van der Waals surface area contributed by atoms with Crippen LogP contribution in [0, 0.1) is 0 Å². The van der Waals surface area contributed by atoms with Crippen LogP contribution in [0.15, 0.2) is 59.5 Å². The molecule has 0 bridgehead atoms. The van der Waals surface area contributed by atoms with Crippen molar-refractivity contribution in [1.82, 2.24) is 0 Å². The third-order valence-corrected chi connectivity index (χ3v) is 5.22. The first-order valence-electron chi connectivity index (χ1n) is 8.32. The SMILES string of the molecule is CCOC(=O)[C@@H](CCCc1cccc(Cl)c1)OS(=O)(=O)c1ccccc1. The predicted molar refractivity (Wildman–Crippen MR) is 99.5 cm³/mol. The third kappa shape index (κ3) is 6.12. The van der Waals surface area contributed by atoms with E-state index in [4.69, 9.17) is 20.5 Å². The fourth-order valence-electron chi connectivity index (χ4n) is 2.42. The molecule has 0 heterocycles. The van der Waals surface area contributed by atoms with Crippen LogP contribution in [-0.2, 0) is 30.3 Å². The molecule has 0 spiro atoms. The summed E-state index contributed by atoms with van der Waals surface area (Å²) in [5, 5.41) is 0.632. The van der Waals surface area contributed by atoms with Gasteiger partial charge in [-0.2, -0.15) is 8.42 Å². The van der Waals surface area contributed by atoms with E-state index in [1.54, 1.807) is 31.2 Å². The van der Waals surface area contributed by atoms with Crippen molar-refractivity contribution in [1.29, 1.82) is 0 Å². The van der Waals surface area contributed by atoms with Crippen molar-refractivity contribution in [2.75, 3.05) is 6.61 Å². The summed E-state index contributed by atoms with van der Waals surface area (Å²) in [5.74, 6) is -0.682. The second kappa shape index (κ2) is 9.71. The minimum atomic E-state index is -4.05. The summed E-state index contributed by atoms with van der Waals surface area (Å²) in [6, 6.07) is 15.1. The molecule has 0 aliphatic carbocycles. The lowest BCUT2D eigenvalue weighted by Crippen LogP contribution is -2.29. The lowest BCUT2D eigenvalue weighted by atomic mass is 10.1. The average molecular weight is 397 g/mol. The van der Waals surface area contributed by atoms with Gasteiger partial charge in [0.1, 0.15) is 0 Å². The molecule has 0 unspecified atom stereocenters. The highest BCUT2D eigenvalue weighted by molar-refractivity contribution is 7.86. The molecule has 0 aliphatic heterocycles. The number of carbonyl (C=O) groups is 1. The molecule has 26 heavy (non-hydrogen) atoms. The molecule has 0 aromatic heterocycles. The van der Waals surface area contributed by atoms with Crippen molar-refractivity contribution in [3.63, 3.8) is 0 Å². The number of benzene rings is 2. The maximum atomic E-state index is 12.4. The third-order valence-electron chi connectivity index (χ3n) is 3.64. The van der Waals surface area contributed by atoms with Crippen molar-refractivity contribution in [2.45, 2.75) is 37.2 Å². The average Bonchev–Trinajstić information content (AvgIpc) is 2.62. The minimum Gasteiger partial charge on any atom is -0.464 e. The maximum Gasteiger partial charge on any atom is 0.336 e. The Labute approximate surface area is 159 Å². The van der Waals surface area contributed by atoms with E-state index in [1.165, 1.54) is 12.1 Å². The van der Waals surface area contributed by atoms with Crippen molar-refractivity contribution < 1.29 is 22.1 Å². The lowest BCUT2D eigenvalue weighted by molar-refractivity contribution is -0.151. The molecular weight excluding hydrogens is 376 g/mol. The molecule has 1 atom stereocenters. The van der Waals surface area contributed by atoms with Crippen LogP contribution in [0.2, 0.25) is 5.02 Å². The van der Waals surface area contributed by atoms with Gasteiger partial charge in [0.05, 0.1) is 11.5 Å². The molecule has 2 rings (SSSR count). The van der Waals surface area contributed by atoms with E-state index in [0.29, 0.717) is 17.9 Å². The van der Waals surface area contributed by atoms with Gasteiger partial charge < -0.3 is 4.74 Å². The molecule has 2 aromatic rings. The van der Waals surface area contributed by atoms with Gasteiger partial charge in [0.15, 0.2) is 6.10 Å². The summed E-state index contributed by atoms with van der Waals surface area (Å²) in [4.78, 5) is 12.1. The van der Waals surface area contributed by atoms with Crippen LogP contribution < -0.4 is 0 Å². The van der Waals surface area contributed by atoms with Gasteiger partial charge in [0.25, 0.3) is 10.1 Å². The summed E-state index contributed by atoms with van der Waals surface area (Å²) < 4.78 is 34.9. The standard InChI is InChI=1S/C19H21ClO5S/c1-2-24-19(21)18(13-7-9-15-8-6-10-16(20)14-15)25-26(22,23)17-11-4-3-5-12-17/h3-6,8,10-12,14,18H,2,7,9,13H2,1H3/t18-/m1/s1. The van der Waals surface area contributed by atoms with E-state index in [1.807, 2.05) is 18.2 Å². The summed E-state index contributed by atoms with van der Waals surface area (Å²) in [6.07, 6.45) is 0.232. The number of ether oxygens (including phenoxy) is 1. The first-order chi connectivity index (χ1) is 12.4. The summed E-state index contributed by atoms with van der Waals surface area (Å²) >= 11 is 5.95. The van der Waals surface area contributed by atoms with Crippen molar-refractivity contribution in [2.24, 2.45) is 0 Å². The quantitative estimate of drug-likeness (QED) is 0.473. The normalized spacial score (nSPS) is 12.5. The zero-order valence-corrected chi connectivity index (χ0v) is 16.0. The Kier molecular flexibility index (Phi) is 7.63. The molecule has 7 heteroatoms. The maximum absolute atomic E-state index is 12.4. The molecule has 0 radical (unpaired) electrons. The van der Waals surface area contributed by atoms with Crippen LogP contribution in [0.25, 0.3) is 0 Å². The molecule has 5 nitrogen and oxygen atoms in total. The van der Waals surface area contributed by atoms with E-state index in [9.17, 15) is 13.2 Å². The van der Waals surface area contributed by atoms with Gasteiger partial charge in [-0.05, 0) is 56.0 Å². The number of hydrogen-bond donors (Lipinski definition) is 0. The highest BCUT2D eigenvalue weighted by Gasteiger charge is 2.28. The van der Waals surface area contributed by atoms with Gasteiger partial charge in [-0.1, -0.05) is 41.9 Å². The Bertz CT molecular complexity index is 821. The fourth-order valence-corrected chi connectivity index (χ4v) is 3.72. The largest absolute Gasteiger partial charge is 0.464 e. The van der Waals surface area contributed by atoms with Crippen LogP contribution in [-0.4, -0.2) is 27.1 Å². The number of halogens is 1. The van der Waals surface area contributed by atoms with Gasteiger partial charge in [0, 0.05) is 5.02 Å². The Hall–Kier alpha value is -1.89. The number of carbonyl (C=O) groups excluding carboxylic acids is 1. The topological polar surface area (TPSA) is 69.7 Å². The van der Waals surface area contributed by atoms with Gasteiger partial charge in [-0.25, -0.2) is 4.79 Å². The molecule has 0 amide bonds. The molecule has 0 saturated carbocycles. The lowest BCUT2D eigenvalue weighted by Gasteiger charge is -2.16. The molecule has 140 valence electrons. The predicted octanol–water partition coefficient (Wildman–Crippen LogP) is 4.00. The Morgan fingerprint density at radius 1 is 1.12 bits per heavy atom. The van der Waals surface area contributed by atoms with Crippen LogP contribution in [0.4, 0.5) is 0 Å². The van der Waals surface area contributed by atoms with E-state index in [0.717, 1.165) is 5.56 Å². The van der Waals surface area contributed by atoms with Gasteiger partial charge in [-0.15, -0.1) is 0 Å². The second-order valence-corrected chi connectivity index (χ2v) is 7.63. The molecule has 2 aromatic carbocycles. The molecule has 0 fully saturated rings. The summed E-state index contributed by atoms with van der Waals surface area (Å²) in [5.41, 5.74) is 1.01. The van der Waals surface area contributed by atoms with Crippen LogP contribution in [0.3, 0.4) is 0 Å². The number of esters is 1. The smallest absolute Gasteiger partial charge is 0.336 e. The van der Waals surface area contributed by atoms with Crippen molar-refractivity contribution in [3.8, 4) is 0 Å². The Balaban J connectivity index is 2.05. The van der Waals surface area contributed by atoms with Crippen LogP contribution >= 0.6 is 11.6 Å². The number of aryl methyl sites for hydroxylation is 1. The monoisotopic (exact) mass is 396 g/mol. The first kappa shape index (κ1) is 20.4. The summed E-state index contributed by atoms with van der Waals surface area (Å²) in [7, 11) is -4.05. The van der Waals surface area contributed by atoms with E-state index in [-0.39, 0.29) is 17.9 Å². The van der Waals surface area contributed by atoms with Crippen molar-refractivity contribution in [3.05, 3.63) is 65.2 Å². The number of hydrogen-bond acceptors (Lipinski definition) is 5. The Morgan fingerprint density at radius 2 is 1.85 bits per heavy atom. The van der Waals surface area contributed by atoms with E-state index in [2.05, 4.69) is 0 Å². The van der Waals surface area contributed by atoms with Crippen LogP contribution in [0.5, 0.6) is 0 Å². The van der Waals surface area contributed by atoms with Crippen molar-refractivity contribution >= 4 is 27.7 Å². The number of rotatable bonds is 9. The van der Waals surface area contributed by atoms with Crippen LogP contribution in [0.1, 0.15) is 25.3 Å². The molecule has 0 saturated heterocycles. The first-order valence-corrected chi connectivity index (χ1v) is 10.1. The zero-order chi connectivity index (χ0) is 19.0. The highest BCUT2D eigenvalue weighted by Crippen LogP contribution is 2.19. The second-order valence-electron chi connectivity index (χ2n) is 5.63.